The third kappa shape index (κ3) is 2.54. The average molecular weight is 197 g/mol. The van der Waals surface area contributed by atoms with E-state index >= 15 is 0 Å². The summed E-state index contributed by atoms with van der Waals surface area (Å²) in [6.45, 7) is 4.97. The second kappa shape index (κ2) is 4.99. The van der Waals surface area contributed by atoms with Crippen LogP contribution < -0.4 is 11.3 Å². The number of thiophene rings is 1. The zero-order valence-corrected chi connectivity index (χ0v) is 8.82. The molecule has 1 aromatic heterocycles. The Morgan fingerprint density at radius 2 is 2.46 bits per heavy atom. The van der Waals surface area contributed by atoms with Crippen molar-refractivity contribution in [1.82, 2.24) is 5.43 Å². The fraction of sp³-hybridized carbons (Fsp3) is 0.444. The summed E-state index contributed by atoms with van der Waals surface area (Å²) in [6.07, 6.45) is 1.04. The van der Waals surface area contributed by atoms with Crippen LogP contribution in [0.1, 0.15) is 23.8 Å². The molecule has 0 spiro atoms. The molecule has 0 unspecified atom stereocenters. The quantitative estimate of drug-likeness (QED) is 0.335. The molecule has 1 aromatic rings. The summed E-state index contributed by atoms with van der Waals surface area (Å²) >= 11 is 1.66. The van der Waals surface area contributed by atoms with Gasteiger partial charge in [-0.2, -0.15) is 0 Å². The van der Waals surface area contributed by atoms with E-state index in [0.29, 0.717) is 0 Å². The number of aryl methyl sites for hydroxylation is 1. The topological polar surface area (TPSA) is 50.4 Å². The van der Waals surface area contributed by atoms with Gasteiger partial charge in [0.05, 0.1) is 4.88 Å². The molecule has 0 atom stereocenters. The van der Waals surface area contributed by atoms with E-state index in [-0.39, 0.29) is 0 Å². The maximum atomic E-state index is 5.40. The standard InChI is InChI=1S/C9H15N3S/c1-3-5-11-9(12-10)8-7(2)4-6-13-8/h4,6H,3,5,10H2,1-2H3,(H,11,12). The van der Waals surface area contributed by atoms with E-state index < -0.39 is 0 Å². The van der Waals surface area contributed by atoms with Gasteiger partial charge in [0, 0.05) is 6.54 Å². The second-order valence-corrected chi connectivity index (χ2v) is 3.72. The van der Waals surface area contributed by atoms with Crippen LogP contribution in [0.25, 0.3) is 0 Å². The van der Waals surface area contributed by atoms with Crippen molar-refractivity contribution in [3.8, 4) is 0 Å². The first-order chi connectivity index (χ1) is 6.29. The highest BCUT2D eigenvalue weighted by Gasteiger charge is 2.05. The van der Waals surface area contributed by atoms with Gasteiger partial charge in [-0.25, -0.2) is 5.84 Å². The molecule has 0 aliphatic rings. The third-order valence-electron chi connectivity index (χ3n) is 1.71. The van der Waals surface area contributed by atoms with Crippen LogP contribution in [0.2, 0.25) is 0 Å². The highest BCUT2D eigenvalue weighted by Crippen LogP contribution is 2.15. The van der Waals surface area contributed by atoms with E-state index in [1.807, 2.05) is 5.38 Å². The van der Waals surface area contributed by atoms with Crippen molar-refractivity contribution in [3.05, 3.63) is 21.9 Å². The molecule has 1 rings (SSSR count). The average Bonchev–Trinajstić information content (AvgIpc) is 2.54. The van der Waals surface area contributed by atoms with Crippen LogP contribution in [0.3, 0.4) is 0 Å². The number of nitrogens with two attached hydrogens (primary N) is 1. The number of nitrogens with one attached hydrogen (secondary N) is 1. The number of hydrogen-bond acceptors (Lipinski definition) is 3. The molecular weight excluding hydrogens is 182 g/mol. The van der Waals surface area contributed by atoms with Crippen LogP contribution >= 0.6 is 11.3 Å². The van der Waals surface area contributed by atoms with Gasteiger partial charge in [-0.05, 0) is 30.4 Å². The largest absolute Gasteiger partial charge is 0.308 e. The molecule has 0 aromatic carbocycles. The van der Waals surface area contributed by atoms with Gasteiger partial charge in [0.2, 0.25) is 0 Å². The summed E-state index contributed by atoms with van der Waals surface area (Å²) in [6, 6.07) is 2.07. The molecule has 3 nitrogen and oxygen atoms in total. The Labute approximate surface area is 82.7 Å². The fourth-order valence-electron chi connectivity index (χ4n) is 1.02. The summed E-state index contributed by atoms with van der Waals surface area (Å²) in [5.74, 6) is 6.20. The molecule has 0 aliphatic carbocycles. The molecular formula is C9H15N3S. The van der Waals surface area contributed by atoms with E-state index in [0.717, 1.165) is 23.7 Å². The summed E-state index contributed by atoms with van der Waals surface area (Å²) in [7, 11) is 0. The number of hydrogen-bond donors (Lipinski definition) is 2. The molecule has 72 valence electrons. The van der Waals surface area contributed by atoms with Crippen LogP contribution in [-0.4, -0.2) is 12.4 Å². The molecule has 0 amide bonds. The van der Waals surface area contributed by atoms with Gasteiger partial charge >= 0.3 is 0 Å². The SMILES string of the molecule is CCCN=C(NN)c1sccc1C. The maximum absolute atomic E-state index is 5.40. The van der Waals surface area contributed by atoms with Crippen LogP contribution in [0.5, 0.6) is 0 Å². The molecule has 0 saturated carbocycles. The van der Waals surface area contributed by atoms with Crippen molar-refractivity contribution in [2.45, 2.75) is 20.3 Å². The molecule has 1 heterocycles. The van der Waals surface area contributed by atoms with Gasteiger partial charge in [0.1, 0.15) is 0 Å². The first-order valence-electron chi connectivity index (χ1n) is 4.35. The Balaban J connectivity index is 2.84. The lowest BCUT2D eigenvalue weighted by Gasteiger charge is -2.03. The predicted molar refractivity (Wildman–Crippen MR) is 58.1 cm³/mol. The monoisotopic (exact) mass is 197 g/mol. The van der Waals surface area contributed by atoms with E-state index in [1.165, 1.54) is 5.56 Å². The Bertz CT molecular complexity index is 291. The molecule has 0 radical (unpaired) electrons. The van der Waals surface area contributed by atoms with E-state index in [2.05, 4.69) is 30.3 Å². The van der Waals surface area contributed by atoms with Gasteiger partial charge in [0.25, 0.3) is 0 Å². The lowest BCUT2D eigenvalue weighted by atomic mass is 10.3. The third-order valence-corrected chi connectivity index (χ3v) is 2.73. The van der Waals surface area contributed by atoms with Gasteiger partial charge in [-0.15, -0.1) is 11.3 Å². The van der Waals surface area contributed by atoms with Crippen LogP contribution in [-0.2, 0) is 0 Å². The van der Waals surface area contributed by atoms with Crippen molar-refractivity contribution in [2.24, 2.45) is 10.8 Å². The van der Waals surface area contributed by atoms with Crippen molar-refractivity contribution in [3.63, 3.8) is 0 Å². The van der Waals surface area contributed by atoms with E-state index in [9.17, 15) is 0 Å². The molecule has 13 heavy (non-hydrogen) atoms. The lowest BCUT2D eigenvalue weighted by Crippen LogP contribution is -2.31. The van der Waals surface area contributed by atoms with Crippen molar-refractivity contribution in [1.29, 1.82) is 0 Å². The highest BCUT2D eigenvalue weighted by atomic mass is 32.1. The minimum absolute atomic E-state index is 0.800. The Morgan fingerprint density at radius 1 is 1.69 bits per heavy atom. The molecule has 0 aliphatic heterocycles. The number of rotatable bonds is 3. The van der Waals surface area contributed by atoms with Crippen LogP contribution in [0, 0.1) is 6.92 Å². The maximum Gasteiger partial charge on any atom is 0.153 e. The van der Waals surface area contributed by atoms with Crippen molar-refractivity contribution < 1.29 is 0 Å². The second-order valence-electron chi connectivity index (χ2n) is 2.81. The first-order valence-corrected chi connectivity index (χ1v) is 5.23. The van der Waals surface area contributed by atoms with Crippen molar-refractivity contribution >= 4 is 17.2 Å². The smallest absolute Gasteiger partial charge is 0.153 e. The lowest BCUT2D eigenvalue weighted by molar-refractivity contribution is 0.908. The van der Waals surface area contributed by atoms with E-state index in [4.69, 9.17) is 5.84 Å². The normalized spacial score (nSPS) is 11.8. The van der Waals surface area contributed by atoms with Gasteiger partial charge in [-0.1, -0.05) is 6.92 Å². The number of nitrogens with zero attached hydrogens (tertiary/aromatic N) is 1. The predicted octanol–water partition coefficient (Wildman–Crippen LogP) is 1.68. The summed E-state index contributed by atoms with van der Waals surface area (Å²) in [4.78, 5) is 5.49. The Morgan fingerprint density at radius 3 is 2.92 bits per heavy atom. The molecule has 4 heteroatoms. The van der Waals surface area contributed by atoms with Crippen LogP contribution in [0.15, 0.2) is 16.4 Å². The fourth-order valence-corrected chi connectivity index (χ4v) is 1.92. The summed E-state index contributed by atoms with van der Waals surface area (Å²) < 4.78 is 0. The van der Waals surface area contributed by atoms with Crippen molar-refractivity contribution in [2.75, 3.05) is 6.54 Å². The minimum atomic E-state index is 0.800. The van der Waals surface area contributed by atoms with Gasteiger partial charge in [-0.3, -0.25) is 4.99 Å². The minimum Gasteiger partial charge on any atom is -0.308 e. The summed E-state index contributed by atoms with van der Waals surface area (Å²) in [5.41, 5.74) is 3.86. The molecule has 3 N–H and O–H groups in total. The highest BCUT2D eigenvalue weighted by molar-refractivity contribution is 7.12. The summed E-state index contributed by atoms with van der Waals surface area (Å²) in [5, 5.41) is 2.05. The zero-order valence-electron chi connectivity index (χ0n) is 8.00. The Hall–Kier alpha value is -0.870. The van der Waals surface area contributed by atoms with Crippen LogP contribution in [0.4, 0.5) is 0 Å². The Kier molecular flexibility index (Phi) is 3.92. The zero-order chi connectivity index (χ0) is 9.68. The number of amidine groups is 1. The van der Waals surface area contributed by atoms with Gasteiger partial charge < -0.3 is 5.43 Å². The molecule has 0 fully saturated rings. The number of aliphatic imine (C=N–C) groups is 1. The molecule has 0 bridgehead atoms. The first kappa shape index (κ1) is 10.2. The van der Waals surface area contributed by atoms with E-state index in [1.54, 1.807) is 11.3 Å². The van der Waals surface area contributed by atoms with Gasteiger partial charge in [0.15, 0.2) is 5.84 Å². The number of hydrazine groups is 1. The molecule has 0 saturated heterocycles.